The number of allylic oxidation sites excluding steroid dienone is 12. The molecular weight excluding hydrogens is 755 g/mol. The molecule has 3 atom stereocenters. The number of esters is 1. The van der Waals surface area contributed by atoms with Crippen molar-refractivity contribution in [2.75, 3.05) is 6.61 Å². The number of amides is 1. The molecular formula is C55H97NO5. The van der Waals surface area contributed by atoms with Gasteiger partial charge in [0.1, 0.15) is 6.10 Å². The largest absolute Gasteiger partial charge is 0.462 e. The molecule has 6 heteroatoms. The van der Waals surface area contributed by atoms with Crippen LogP contribution in [0.3, 0.4) is 0 Å². The van der Waals surface area contributed by atoms with Gasteiger partial charge in [0.15, 0.2) is 0 Å². The summed E-state index contributed by atoms with van der Waals surface area (Å²) >= 11 is 0. The molecule has 0 fully saturated rings. The minimum atomic E-state index is -0.798. The molecule has 352 valence electrons. The van der Waals surface area contributed by atoms with Gasteiger partial charge >= 0.3 is 5.97 Å². The lowest BCUT2D eigenvalue weighted by Crippen LogP contribution is -2.46. The molecule has 0 radical (unpaired) electrons. The molecule has 3 unspecified atom stereocenters. The molecule has 0 rings (SSSR count). The number of hydrogen-bond donors (Lipinski definition) is 3. The molecule has 0 aliphatic rings. The maximum absolute atomic E-state index is 13.2. The summed E-state index contributed by atoms with van der Waals surface area (Å²) in [4.78, 5) is 26.1. The van der Waals surface area contributed by atoms with Crippen molar-refractivity contribution in [3.8, 4) is 0 Å². The monoisotopic (exact) mass is 852 g/mol. The smallest absolute Gasteiger partial charge is 0.306 e. The van der Waals surface area contributed by atoms with Gasteiger partial charge in [-0.2, -0.15) is 0 Å². The number of carbonyl (C=O) groups is 2. The second kappa shape index (κ2) is 48.3. The number of ether oxygens (including phenoxy) is 1. The Bertz CT molecular complexity index is 1140. The van der Waals surface area contributed by atoms with Crippen molar-refractivity contribution < 1.29 is 24.5 Å². The highest BCUT2D eigenvalue weighted by Crippen LogP contribution is 2.17. The number of nitrogens with one attached hydrogen (secondary N) is 1. The molecule has 0 heterocycles. The van der Waals surface area contributed by atoms with E-state index in [1.165, 1.54) is 77.0 Å². The predicted octanol–water partition coefficient (Wildman–Crippen LogP) is 15.4. The molecule has 0 spiro atoms. The van der Waals surface area contributed by atoms with Gasteiger partial charge in [-0.3, -0.25) is 9.59 Å². The van der Waals surface area contributed by atoms with Crippen molar-refractivity contribution in [2.45, 2.75) is 257 Å². The van der Waals surface area contributed by atoms with E-state index in [1.807, 2.05) is 0 Å². The van der Waals surface area contributed by atoms with Gasteiger partial charge in [0.05, 0.1) is 25.2 Å². The molecule has 0 aliphatic carbocycles. The van der Waals surface area contributed by atoms with Crippen LogP contribution in [0.5, 0.6) is 0 Å². The fraction of sp³-hybridized carbons (Fsp3) is 0.745. The van der Waals surface area contributed by atoms with Crippen LogP contribution in [0.2, 0.25) is 0 Å². The second-order valence-corrected chi connectivity index (χ2v) is 17.2. The van der Waals surface area contributed by atoms with Crippen molar-refractivity contribution in [3.63, 3.8) is 0 Å². The van der Waals surface area contributed by atoms with Gasteiger partial charge in [-0.05, 0) is 89.9 Å². The van der Waals surface area contributed by atoms with Gasteiger partial charge in [-0.1, -0.05) is 209 Å². The summed E-state index contributed by atoms with van der Waals surface area (Å²) in [6.45, 7) is 6.25. The number of aliphatic hydroxyl groups is 2. The van der Waals surface area contributed by atoms with E-state index in [4.69, 9.17) is 4.74 Å². The third-order valence-electron chi connectivity index (χ3n) is 11.3. The van der Waals surface area contributed by atoms with E-state index < -0.39 is 18.2 Å². The average molecular weight is 852 g/mol. The molecule has 61 heavy (non-hydrogen) atoms. The molecule has 1 amide bonds. The summed E-state index contributed by atoms with van der Waals surface area (Å²) in [5.74, 6) is -0.512. The van der Waals surface area contributed by atoms with E-state index in [1.54, 1.807) is 0 Å². The van der Waals surface area contributed by atoms with Crippen LogP contribution in [0.25, 0.3) is 0 Å². The van der Waals surface area contributed by atoms with Crippen LogP contribution in [-0.4, -0.2) is 46.9 Å². The van der Waals surface area contributed by atoms with Crippen molar-refractivity contribution in [2.24, 2.45) is 0 Å². The first kappa shape index (κ1) is 58.3. The predicted molar refractivity (Wildman–Crippen MR) is 264 cm³/mol. The Kier molecular flexibility index (Phi) is 46.2. The van der Waals surface area contributed by atoms with Gasteiger partial charge in [0.25, 0.3) is 0 Å². The van der Waals surface area contributed by atoms with Crippen LogP contribution in [0.4, 0.5) is 0 Å². The highest BCUT2D eigenvalue weighted by Gasteiger charge is 2.24. The van der Waals surface area contributed by atoms with Crippen LogP contribution in [0.15, 0.2) is 72.9 Å². The molecule has 0 saturated heterocycles. The molecule has 0 aromatic carbocycles. The third-order valence-corrected chi connectivity index (χ3v) is 11.3. The fourth-order valence-electron chi connectivity index (χ4n) is 7.46. The zero-order chi connectivity index (χ0) is 44.5. The Labute approximate surface area is 377 Å². The second-order valence-electron chi connectivity index (χ2n) is 17.2. The summed E-state index contributed by atoms with van der Waals surface area (Å²) < 4.78 is 5.92. The SMILES string of the molecule is CC/C=C/C/C=C/C/C=C/CCCCCCCCC(=O)OC(CCCCCC/C=C/C/C=C/C/C=C/CC)CC(=O)NC(CO)C(O)CCCCCCCCCCCCCC. The van der Waals surface area contributed by atoms with Crippen molar-refractivity contribution in [1.29, 1.82) is 0 Å². The molecule has 3 N–H and O–H groups in total. The van der Waals surface area contributed by atoms with Crippen LogP contribution in [-0.2, 0) is 14.3 Å². The van der Waals surface area contributed by atoms with Crippen LogP contribution in [0.1, 0.15) is 239 Å². The van der Waals surface area contributed by atoms with E-state index in [9.17, 15) is 19.8 Å². The minimum absolute atomic E-state index is 0.0547. The van der Waals surface area contributed by atoms with E-state index in [0.29, 0.717) is 19.3 Å². The highest BCUT2D eigenvalue weighted by atomic mass is 16.5. The molecule has 0 saturated carbocycles. The van der Waals surface area contributed by atoms with E-state index in [2.05, 4.69) is 99.0 Å². The summed E-state index contributed by atoms with van der Waals surface area (Å²) in [6.07, 6.45) is 61.0. The van der Waals surface area contributed by atoms with Gasteiger partial charge in [-0.25, -0.2) is 0 Å². The third kappa shape index (κ3) is 43.7. The Morgan fingerprint density at radius 1 is 0.492 bits per heavy atom. The first-order chi connectivity index (χ1) is 30.0. The topological polar surface area (TPSA) is 95.9 Å². The lowest BCUT2D eigenvalue weighted by atomic mass is 10.0. The van der Waals surface area contributed by atoms with Crippen LogP contribution < -0.4 is 5.32 Å². The summed E-state index contributed by atoms with van der Waals surface area (Å²) in [5, 5.41) is 23.7. The van der Waals surface area contributed by atoms with Gasteiger partial charge < -0.3 is 20.3 Å². The molecule has 0 aliphatic heterocycles. The number of rotatable bonds is 45. The van der Waals surface area contributed by atoms with Crippen molar-refractivity contribution >= 4 is 11.9 Å². The average Bonchev–Trinajstić information content (AvgIpc) is 3.25. The summed E-state index contributed by atoms with van der Waals surface area (Å²) in [7, 11) is 0. The number of unbranched alkanes of at least 4 members (excludes halogenated alkanes) is 21. The lowest BCUT2D eigenvalue weighted by Gasteiger charge is -2.24. The Morgan fingerprint density at radius 3 is 1.34 bits per heavy atom. The van der Waals surface area contributed by atoms with Gasteiger partial charge in [0.2, 0.25) is 5.91 Å². The molecule has 0 bridgehead atoms. The number of hydrogen-bond acceptors (Lipinski definition) is 5. The van der Waals surface area contributed by atoms with E-state index in [0.717, 1.165) is 116 Å². The highest BCUT2D eigenvalue weighted by molar-refractivity contribution is 5.77. The summed E-state index contributed by atoms with van der Waals surface area (Å²) in [6, 6.07) is -0.714. The first-order valence-corrected chi connectivity index (χ1v) is 25.7. The molecule has 0 aromatic heterocycles. The quantitative estimate of drug-likeness (QED) is 0.0322. The Hall–Kier alpha value is -2.70. The zero-order valence-corrected chi connectivity index (χ0v) is 40.0. The van der Waals surface area contributed by atoms with Crippen molar-refractivity contribution in [3.05, 3.63) is 72.9 Å². The van der Waals surface area contributed by atoms with Crippen LogP contribution in [0, 0.1) is 0 Å². The maximum atomic E-state index is 13.2. The molecule has 0 aromatic rings. The normalized spacial score (nSPS) is 13.9. The van der Waals surface area contributed by atoms with E-state index in [-0.39, 0.29) is 24.9 Å². The van der Waals surface area contributed by atoms with Gasteiger partial charge in [-0.15, -0.1) is 0 Å². The fourth-order valence-corrected chi connectivity index (χ4v) is 7.46. The standard InChI is InChI=1S/C55H97NO5/c1-4-7-10-13-16-19-22-25-27-28-30-33-36-39-42-45-48-55(60)61-51(46-43-40-37-34-31-29-26-23-20-17-14-11-8-5-2)49-54(59)56-52(50-57)53(58)47-44-41-38-35-32-24-21-18-15-12-9-6-3/h7-8,10-11,16-17,19-20,25-27,29,51-53,57-58H,4-6,9,12-15,18,21-24,28,30-50H2,1-3H3,(H,56,59)/b10-7+,11-8+,19-16+,20-17+,27-25+,29-26+. The summed E-state index contributed by atoms with van der Waals surface area (Å²) in [5.41, 5.74) is 0. The number of aliphatic hydroxyl groups excluding tert-OH is 2. The van der Waals surface area contributed by atoms with E-state index >= 15 is 0 Å². The Morgan fingerprint density at radius 2 is 0.885 bits per heavy atom. The zero-order valence-electron chi connectivity index (χ0n) is 40.0. The lowest BCUT2D eigenvalue weighted by molar-refractivity contribution is -0.151. The number of carbonyl (C=O) groups excluding carboxylic acids is 2. The van der Waals surface area contributed by atoms with Crippen molar-refractivity contribution in [1.82, 2.24) is 5.32 Å². The minimum Gasteiger partial charge on any atom is -0.462 e. The maximum Gasteiger partial charge on any atom is 0.306 e. The van der Waals surface area contributed by atoms with Gasteiger partial charge in [0, 0.05) is 6.42 Å². The first-order valence-electron chi connectivity index (χ1n) is 25.7. The Balaban J connectivity index is 4.64. The van der Waals surface area contributed by atoms with Crippen LogP contribution >= 0.6 is 0 Å². The molecule has 6 nitrogen and oxygen atoms in total.